The summed E-state index contributed by atoms with van der Waals surface area (Å²) in [5.41, 5.74) is 4.99. The van der Waals surface area contributed by atoms with E-state index in [2.05, 4.69) is 20.8 Å². The van der Waals surface area contributed by atoms with Gasteiger partial charge in [0, 0.05) is 30.0 Å². The van der Waals surface area contributed by atoms with Gasteiger partial charge in [-0.05, 0) is 92.8 Å². The topological polar surface area (TPSA) is 126 Å². The van der Waals surface area contributed by atoms with E-state index in [4.69, 9.17) is 0 Å². The lowest BCUT2D eigenvalue weighted by Crippen LogP contribution is -2.28. The predicted octanol–water partition coefficient (Wildman–Crippen LogP) is 4.64. The molecule has 2 amide bonds. The molecule has 2 heterocycles. The fraction of sp³-hybridized carbons (Fsp3) is 0.290. The number of carbonyl (C=O) groups excluding carboxylic acids is 2. The highest BCUT2D eigenvalue weighted by atomic mass is 32.2. The minimum Gasteiger partial charge on any atom is -0.345 e. The summed E-state index contributed by atoms with van der Waals surface area (Å²) in [4.78, 5) is 26.0. The van der Waals surface area contributed by atoms with Gasteiger partial charge in [0.25, 0.3) is 5.91 Å². The molecule has 224 valence electrons. The molecule has 0 spiro atoms. The average Bonchev–Trinajstić information content (AvgIpc) is 3.68. The van der Waals surface area contributed by atoms with E-state index in [0.717, 1.165) is 40.9 Å². The van der Waals surface area contributed by atoms with Gasteiger partial charge in [-0.3, -0.25) is 14.2 Å². The second-order valence-corrected chi connectivity index (χ2v) is 13.4. The molecule has 1 aromatic heterocycles. The molecule has 10 nitrogen and oxygen atoms in total. The van der Waals surface area contributed by atoms with Gasteiger partial charge in [0.2, 0.25) is 15.9 Å². The van der Waals surface area contributed by atoms with Crippen molar-refractivity contribution in [1.82, 2.24) is 24.4 Å². The highest BCUT2D eigenvalue weighted by molar-refractivity contribution is 7.99. The van der Waals surface area contributed by atoms with E-state index >= 15 is 0 Å². The zero-order chi connectivity index (χ0) is 30.6. The monoisotopic (exact) mass is 618 g/mol. The number of sulfonamides is 1. The third kappa shape index (κ3) is 7.15. The summed E-state index contributed by atoms with van der Waals surface area (Å²) in [6.45, 7) is 7.01. The van der Waals surface area contributed by atoms with Crippen molar-refractivity contribution in [3.05, 3.63) is 94.8 Å². The van der Waals surface area contributed by atoms with Crippen molar-refractivity contribution in [1.29, 1.82) is 0 Å². The van der Waals surface area contributed by atoms with E-state index in [0.29, 0.717) is 29.6 Å². The molecule has 1 fully saturated rings. The molecule has 0 aliphatic carbocycles. The quantitative estimate of drug-likeness (QED) is 0.248. The Hall–Kier alpha value is -4.00. The van der Waals surface area contributed by atoms with Crippen molar-refractivity contribution in [3.63, 3.8) is 0 Å². The van der Waals surface area contributed by atoms with Crippen molar-refractivity contribution in [3.8, 4) is 5.69 Å². The maximum absolute atomic E-state index is 13.0. The molecule has 3 aromatic carbocycles. The average molecular weight is 619 g/mol. The van der Waals surface area contributed by atoms with Gasteiger partial charge in [0.1, 0.15) is 0 Å². The van der Waals surface area contributed by atoms with Crippen LogP contribution in [0.1, 0.15) is 45.7 Å². The number of nitrogens with zero attached hydrogens (tertiary/aromatic N) is 4. The summed E-state index contributed by atoms with van der Waals surface area (Å²) in [6.07, 6.45) is 1.71. The molecule has 2 N–H and O–H groups in total. The van der Waals surface area contributed by atoms with Gasteiger partial charge in [0.15, 0.2) is 11.0 Å². The zero-order valence-electron chi connectivity index (χ0n) is 24.3. The molecule has 1 saturated heterocycles. The van der Waals surface area contributed by atoms with Gasteiger partial charge in [-0.2, -0.15) is 4.31 Å². The number of thioether (sulfide) groups is 1. The summed E-state index contributed by atoms with van der Waals surface area (Å²) in [5, 5.41) is 15.0. The molecule has 5 rings (SSSR count). The smallest absolute Gasteiger partial charge is 0.251 e. The third-order valence-electron chi connectivity index (χ3n) is 7.19. The lowest BCUT2D eigenvalue weighted by Gasteiger charge is -2.15. The largest absolute Gasteiger partial charge is 0.345 e. The van der Waals surface area contributed by atoms with Crippen LogP contribution in [0.2, 0.25) is 0 Å². The predicted molar refractivity (Wildman–Crippen MR) is 167 cm³/mol. The molecule has 1 aliphatic rings. The minimum atomic E-state index is -3.56. The molecule has 0 saturated carbocycles. The Morgan fingerprint density at radius 2 is 1.63 bits per heavy atom. The van der Waals surface area contributed by atoms with Gasteiger partial charge in [-0.15, -0.1) is 10.2 Å². The number of anilines is 1. The minimum absolute atomic E-state index is 0.0723. The lowest BCUT2D eigenvalue weighted by atomic mass is 10.1. The molecule has 0 radical (unpaired) electrons. The Bertz CT molecular complexity index is 1750. The summed E-state index contributed by atoms with van der Waals surface area (Å²) in [7, 11) is -3.56. The summed E-state index contributed by atoms with van der Waals surface area (Å²) >= 11 is 1.25. The Kier molecular flexibility index (Phi) is 9.28. The summed E-state index contributed by atoms with van der Waals surface area (Å²) in [6, 6.07) is 19.7. The normalized spacial score (nSPS) is 13.7. The fourth-order valence-electron chi connectivity index (χ4n) is 4.84. The van der Waals surface area contributed by atoms with Crippen LogP contribution in [-0.2, 0) is 21.4 Å². The highest BCUT2D eigenvalue weighted by Gasteiger charge is 2.27. The molecular formula is C31H34N6O4S2. The second kappa shape index (κ2) is 13.1. The molecule has 4 aromatic rings. The molecule has 12 heteroatoms. The van der Waals surface area contributed by atoms with E-state index in [1.165, 1.54) is 40.3 Å². The SMILES string of the molecule is Cc1cccc(-n2c(CNC(=O)c3ccc(S(=O)(=O)N4CCCC4)cc3)nnc2SCC(=O)Nc2cc(C)ccc2C)c1. The molecular weight excluding hydrogens is 585 g/mol. The Morgan fingerprint density at radius 3 is 2.35 bits per heavy atom. The fourth-order valence-corrected chi connectivity index (χ4v) is 7.13. The first kappa shape index (κ1) is 30.5. The van der Waals surface area contributed by atoms with E-state index in [1.54, 1.807) is 0 Å². The van der Waals surface area contributed by atoms with Crippen LogP contribution in [0, 0.1) is 20.8 Å². The molecule has 0 atom stereocenters. The molecule has 0 unspecified atom stereocenters. The van der Waals surface area contributed by atoms with Crippen molar-refractivity contribution in [2.24, 2.45) is 0 Å². The number of hydrogen-bond acceptors (Lipinski definition) is 7. The molecule has 1 aliphatic heterocycles. The number of nitrogens with one attached hydrogen (secondary N) is 2. The Balaban J connectivity index is 1.29. The van der Waals surface area contributed by atoms with Crippen LogP contribution >= 0.6 is 11.8 Å². The van der Waals surface area contributed by atoms with Crippen LogP contribution in [0.15, 0.2) is 76.8 Å². The number of aryl methyl sites for hydroxylation is 3. The van der Waals surface area contributed by atoms with E-state index in [9.17, 15) is 18.0 Å². The maximum atomic E-state index is 13.0. The Labute approximate surface area is 256 Å². The first-order chi connectivity index (χ1) is 20.6. The maximum Gasteiger partial charge on any atom is 0.251 e. The third-order valence-corrected chi connectivity index (χ3v) is 10.0. The standard InChI is InChI=1S/C31H34N6O4S2/c1-21-7-6-8-25(17-21)37-28(34-35-31(37)42-20-29(38)33-27-18-22(2)9-10-23(27)3)19-32-30(39)24-11-13-26(14-12-24)43(40,41)36-15-4-5-16-36/h6-14,17-18H,4-5,15-16,19-20H2,1-3H3,(H,32,39)(H,33,38). The van der Waals surface area contributed by atoms with Crippen LogP contribution in [0.3, 0.4) is 0 Å². The lowest BCUT2D eigenvalue weighted by molar-refractivity contribution is -0.113. The summed E-state index contributed by atoms with van der Waals surface area (Å²) < 4.78 is 28.9. The number of hydrogen-bond donors (Lipinski definition) is 2. The van der Waals surface area contributed by atoms with E-state index < -0.39 is 10.0 Å². The van der Waals surface area contributed by atoms with Crippen molar-refractivity contribution >= 4 is 39.3 Å². The van der Waals surface area contributed by atoms with Gasteiger partial charge in [-0.1, -0.05) is 36.0 Å². The first-order valence-electron chi connectivity index (χ1n) is 14.0. The van der Waals surface area contributed by atoms with Gasteiger partial charge < -0.3 is 10.6 Å². The number of carbonyl (C=O) groups is 2. The second-order valence-electron chi connectivity index (χ2n) is 10.5. The van der Waals surface area contributed by atoms with E-state index in [1.807, 2.05) is 67.8 Å². The van der Waals surface area contributed by atoms with Crippen LogP contribution in [0.25, 0.3) is 5.69 Å². The number of rotatable bonds is 10. The summed E-state index contributed by atoms with van der Waals surface area (Å²) in [5.74, 6) is 0.0780. The van der Waals surface area contributed by atoms with Gasteiger partial charge >= 0.3 is 0 Å². The zero-order valence-corrected chi connectivity index (χ0v) is 26.0. The molecule has 43 heavy (non-hydrogen) atoms. The number of amides is 2. The first-order valence-corrected chi connectivity index (χ1v) is 16.4. The van der Waals surface area contributed by atoms with Crippen LogP contribution in [-0.4, -0.2) is 58.1 Å². The number of benzene rings is 3. The van der Waals surface area contributed by atoms with Crippen molar-refractivity contribution in [2.45, 2.75) is 50.2 Å². The van der Waals surface area contributed by atoms with Crippen molar-refractivity contribution in [2.75, 3.05) is 24.2 Å². The van der Waals surface area contributed by atoms with Crippen LogP contribution in [0.4, 0.5) is 5.69 Å². The van der Waals surface area contributed by atoms with Gasteiger partial charge in [-0.25, -0.2) is 8.42 Å². The van der Waals surface area contributed by atoms with Gasteiger partial charge in [0.05, 0.1) is 17.2 Å². The van der Waals surface area contributed by atoms with Crippen LogP contribution < -0.4 is 10.6 Å². The van der Waals surface area contributed by atoms with Crippen LogP contribution in [0.5, 0.6) is 0 Å². The Morgan fingerprint density at radius 1 is 0.907 bits per heavy atom. The number of aromatic nitrogens is 3. The molecule has 0 bridgehead atoms. The van der Waals surface area contributed by atoms with E-state index in [-0.39, 0.29) is 29.0 Å². The highest BCUT2D eigenvalue weighted by Crippen LogP contribution is 2.25. The van der Waals surface area contributed by atoms with Crippen molar-refractivity contribution < 1.29 is 18.0 Å².